The number of primary amides is 1. The molecule has 0 unspecified atom stereocenters. The Hall–Kier alpha value is -8.07. The quantitative estimate of drug-likeness (QED) is 0.0257. The van der Waals surface area contributed by atoms with Gasteiger partial charge >= 0.3 is 0 Å². The van der Waals surface area contributed by atoms with Crippen LogP contribution in [0.25, 0.3) is 0 Å². The molecule has 15 N–H and O–H groups in total. The van der Waals surface area contributed by atoms with Crippen molar-refractivity contribution in [3.05, 3.63) is 91.1 Å². The minimum absolute atomic E-state index is 0.0706. The summed E-state index contributed by atoms with van der Waals surface area (Å²) in [6.07, 6.45) is 14.3. The molecule has 1 aliphatic heterocycles. The SMILES string of the molecule is NC(=O)C(=O)[C@H](CO)NC(=O)[C@@H]1CCCN1C(=O)[C@H](Cc1cnc[nH]1)NC(=O)[C@H](Cc1cnc[nH]1)NC(=O)[C@H](Cc1cnc[nH]1)NC(=O)[C@H](Cc1cnc[nH]1)NC(=O)[C@@H](N)Cc1cnc[nH]1. The van der Waals surface area contributed by atoms with Gasteiger partial charge < -0.3 is 73.0 Å². The molecule has 6 rings (SSSR count). The Morgan fingerprint density at radius 2 is 0.955 bits per heavy atom. The fraction of sp³-hybridized carbons (Fsp3) is 0.410. The molecule has 0 spiro atoms. The molecule has 0 bridgehead atoms. The number of carbonyl (C=O) groups excluding carboxylic acids is 8. The Bertz CT molecular complexity index is 2390. The van der Waals surface area contributed by atoms with Gasteiger partial charge in [0.05, 0.1) is 44.3 Å². The lowest BCUT2D eigenvalue weighted by Crippen LogP contribution is -2.61. The lowest BCUT2D eigenvalue weighted by atomic mass is 10.0. The van der Waals surface area contributed by atoms with Crippen molar-refractivity contribution in [3.8, 4) is 0 Å². The number of ketones is 1. The standard InChI is InChI=1S/C39H50N18O9/c40-25(4-20-9-42-15-47-20)34(61)52-26(5-21-10-43-16-48-21)35(62)53-27(6-22-11-44-17-49-22)36(63)54-28(7-23-12-45-18-50-23)37(64)55-29(8-24-13-46-19-51-24)39(66)57-3-1-2-31(57)38(65)56-30(14-58)32(59)33(41)60/h9-13,15-19,25-31,58H,1-8,14,40H2,(H2,41,60)(H,42,47)(H,43,48)(H,44,49)(H,45,50)(H,46,51)(H,52,61)(H,53,62)(H,54,63)(H,55,64)(H,56,65)/t25-,26-,27-,28-,29-,30-,31-/m0/s1. The molecule has 7 atom stereocenters. The van der Waals surface area contributed by atoms with Crippen LogP contribution in [0.2, 0.25) is 0 Å². The molecule has 1 saturated heterocycles. The number of H-pyrrole nitrogens is 5. The molecule has 0 aliphatic carbocycles. The molecule has 1 aliphatic rings. The van der Waals surface area contributed by atoms with Gasteiger partial charge in [-0.3, -0.25) is 38.4 Å². The summed E-state index contributed by atoms with van der Waals surface area (Å²) < 4.78 is 0. The lowest BCUT2D eigenvalue weighted by molar-refractivity contribution is -0.143. The van der Waals surface area contributed by atoms with Crippen molar-refractivity contribution in [1.29, 1.82) is 0 Å². The summed E-state index contributed by atoms with van der Waals surface area (Å²) in [5, 5.41) is 22.8. The van der Waals surface area contributed by atoms with E-state index in [1.807, 2.05) is 0 Å². The van der Waals surface area contributed by atoms with Crippen LogP contribution in [0.1, 0.15) is 41.3 Å². The van der Waals surface area contributed by atoms with Crippen LogP contribution in [0.15, 0.2) is 62.6 Å². The van der Waals surface area contributed by atoms with Crippen molar-refractivity contribution in [1.82, 2.24) is 81.3 Å². The van der Waals surface area contributed by atoms with Gasteiger partial charge in [0.1, 0.15) is 36.3 Å². The molecular weight excluding hydrogens is 865 g/mol. The minimum atomic E-state index is -1.64. The predicted octanol–water partition coefficient (Wildman–Crippen LogP) is -5.40. The van der Waals surface area contributed by atoms with Crippen molar-refractivity contribution in [2.24, 2.45) is 11.5 Å². The zero-order valence-electron chi connectivity index (χ0n) is 35.2. The van der Waals surface area contributed by atoms with Gasteiger partial charge in [-0.05, 0) is 12.8 Å². The summed E-state index contributed by atoms with van der Waals surface area (Å²) >= 11 is 0. The second-order valence-electron chi connectivity index (χ2n) is 15.4. The van der Waals surface area contributed by atoms with Gasteiger partial charge in [-0.1, -0.05) is 0 Å². The van der Waals surface area contributed by atoms with Gasteiger partial charge in [-0.15, -0.1) is 0 Å². The van der Waals surface area contributed by atoms with E-state index in [0.29, 0.717) is 34.9 Å². The molecule has 0 saturated carbocycles. The van der Waals surface area contributed by atoms with Gasteiger partial charge in [-0.25, -0.2) is 24.9 Å². The van der Waals surface area contributed by atoms with Crippen molar-refractivity contribution >= 4 is 47.1 Å². The second kappa shape index (κ2) is 22.5. The van der Waals surface area contributed by atoms with E-state index in [0.717, 1.165) is 0 Å². The van der Waals surface area contributed by atoms with Crippen LogP contribution in [0, 0.1) is 0 Å². The van der Waals surface area contributed by atoms with Gasteiger partial charge in [0.2, 0.25) is 41.2 Å². The largest absolute Gasteiger partial charge is 0.394 e. The third-order valence-electron chi connectivity index (χ3n) is 10.7. The summed E-state index contributed by atoms with van der Waals surface area (Å²) in [5.74, 6) is -7.26. The fourth-order valence-electron chi connectivity index (χ4n) is 7.25. The van der Waals surface area contributed by atoms with Gasteiger partial charge in [-0.2, -0.15) is 0 Å². The highest BCUT2D eigenvalue weighted by atomic mass is 16.3. The smallest absolute Gasteiger partial charge is 0.287 e. The third kappa shape index (κ3) is 12.8. The van der Waals surface area contributed by atoms with Crippen LogP contribution in [-0.2, 0) is 70.5 Å². The summed E-state index contributed by atoms with van der Waals surface area (Å²) in [4.78, 5) is 143. The van der Waals surface area contributed by atoms with Crippen molar-refractivity contribution in [3.63, 3.8) is 0 Å². The number of Topliss-reactive ketones (excluding diaryl/α,β-unsaturated/α-hetero) is 1. The summed E-state index contributed by atoms with van der Waals surface area (Å²) in [6, 6.07) is -9.31. The fourth-order valence-corrected chi connectivity index (χ4v) is 7.25. The molecule has 7 amide bonds. The van der Waals surface area contributed by atoms with Gasteiger partial charge in [0.25, 0.3) is 5.91 Å². The van der Waals surface area contributed by atoms with E-state index in [1.54, 1.807) is 0 Å². The first-order valence-electron chi connectivity index (χ1n) is 20.7. The van der Waals surface area contributed by atoms with Crippen LogP contribution in [0.4, 0.5) is 0 Å². The lowest BCUT2D eigenvalue weighted by Gasteiger charge is -2.30. The van der Waals surface area contributed by atoms with Crippen molar-refractivity contribution in [2.75, 3.05) is 13.2 Å². The van der Waals surface area contributed by atoms with Crippen molar-refractivity contribution in [2.45, 2.75) is 87.2 Å². The summed E-state index contributed by atoms with van der Waals surface area (Å²) in [5.41, 5.74) is 13.6. The van der Waals surface area contributed by atoms with E-state index in [4.69, 9.17) is 11.5 Å². The third-order valence-corrected chi connectivity index (χ3v) is 10.7. The van der Waals surface area contributed by atoms with Crippen LogP contribution in [0.3, 0.4) is 0 Å². The topological polar surface area (TPSA) is 416 Å². The van der Waals surface area contributed by atoms with E-state index in [-0.39, 0.29) is 45.1 Å². The van der Waals surface area contributed by atoms with Gasteiger partial charge in [0, 0.05) is 98.1 Å². The first kappa shape index (κ1) is 47.4. The van der Waals surface area contributed by atoms with Crippen LogP contribution >= 0.6 is 0 Å². The number of aromatic nitrogens is 10. The zero-order chi connectivity index (χ0) is 47.2. The first-order valence-corrected chi connectivity index (χ1v) is 20.7. The van der Waals surface area contributed by atoms with E-state index >= 15 is 0 Å². The highest BCUT2D eigenvalue weighted by molar-refractivity contribution is 6.38. The number of aliphatic hydroxyl groups excluding tert-OH is 1. The molecule has 6 heterocycles. The number of imidazole rings is 5. The minimum Gasteiger partial charge on any atom is -0.394 e. The number of aliphatic hydroxyl groups is 1. The number of hydrogen-bond donors (Lipinski definition) is 13. The number of rotatable bonds is 24. The van der Waals surface area contributed by atoms with E-state index in [1.165, 1.54) is 67.5 Å². The van der Waals surface area contributed by atoms with Gasteiger partial charge in [0.15, 0.2) is 0 Å². The Labute approximate surface area is 374 Å². The molecule has 5 aromatic rings. The molecule has 350 valence electrons. The molecule has 0 radical (unpaired) electrons. The van der Waals surface area contributed by atoms with E-state index in [9.17, 15) is 43.5 Å². The monoisotopic (exact) mass is 914 g/mol. The number of hydrogen-bond acceptors (Lipinski definition) is 15. The second-order valence-corrected chi connectivity index (χ2v) is 15.4. The number of likely N-dealkylation sites (tertiary alicyclic amines) is 1. The maximum Gasteiger partial charge on any atom is 0.287 e. The Balaban J connectivity index is 1.22. The number of aromatic amines is 5. The molecule has 66 heavy (non-hydrogen) atoms. The Morgan fingerprint density at radius 3 is 1.33 bits per heavy atom. The number of nitrogens with two attached hydrogens (primary N) is 2. The highest BCUT2D eigenvalue weighted by Crippen LogP contribution is 2.20. The molecule has 1 fully saturated rings. The maximum atomic E-state index is 14.4. The summed E-state index contributed by atoms with van der Waals surface area (Å²) in [7, 11) is 0. The molecule has 5 aromatic heterocycles. The van der Waals surface area contributed by atoms with E-state index < -0.39 is 96.0 Å². The molecule has 27 nitrogen and oxygen atoms in total. The number of amides is 7. The molecular formula is C39H50N18O9. The average molecular weight is 915 g/mol. The first-order chi connectivity index (χ1) is 31.8. The normalized spacial score (nSPS) is 16.2. The van der Waals surface area contributed by atoms with Crippen LogP contribution in [0.5, 0.6) is 0 Å². The average Bonchev–Trinajstić information content (AvgIpc) is 4.15. The van der Waals surface area contributed by atoms with Crippen LogP contribution < -0.4 is 38.1 Å². The molecule has 27 heteroatoms. The van der Waals surface area contributed by atoms with E-state index in [2.05, 4.69) is 76.4 Å². The Kier molecular flexibility index (Phi) is 16.2. The van der Waals surface area contributed by atoms with Crippen LogP contribution in [-0.4, -0.2) is 162 Å². The number of carbonyl (C=O) groups is 8. The number of nitrogens with one attached hydrogen (secondary N) is 10. The predicted molar refractivity (Wildman–Crippen MR) is 225 cm³/mol. The zero-order valence-corrected chi connectivity index (χ0v) is 35.2. The maximum absolute atomic E-state index is 14.4. The van der Waals surface area contributed by atoms with Crippen molar-refractivity contribution < 1.29 is 43.5 Å². The highest BCUT2D eigenvalue weighted by Gasteiger charge is 2.40. The summed E-state index contributed by atoms with van der Waals surface area (Å²) in [6.45, 7) is -0.853. The number of nitrogens with zero attached hydrogens (tertiary/aromatic N) is 6. The Morgan fingerprint density at radius 1 is 0.576 bits per heavy atom. The molecule has 0 aromatic carbocycles.